The molecule has 1 aromatic carbocycles. The van der Waals surface area contributed by atoms with E-state index in [0.29, 0.717) is 0 Å². The summed E-state index contributed by atoms with van der Waals surface area (Å²) in [6, 6.07) is 4.95. The Morgan fingerprint density at radius 3 is 2.05 bits per heavy atom. The lowest BCUT2D eigenvalue weighted by atomic mass is 9.87. The van der Waals surface area contributed by atoms with Gasteiger partial charge in [-0.3, -0.25) is 28.8 Å². The fourth-order valence-corrected chi connectivity index (χ4v) is 6.42. The number of aliphatic hydroxyl groups excluding tert-OH is 1. The minimum Gasteiger partial charge on any atom is -0.465 e. The summed E-state index contributed by atoms with van der Waals surface area (Å²) in [6.07, 6.45) is -12.6. The number of benzene rings is 1. The Labute approximate surface area is 339 Å². The average molecular weight is 839 g/mol. The Balaban J connectivity index is 2.17. The zero-order valence-electron chi connectivity index (χ0n) is 33.6. The lowest BCUT2D eigenvalue weighted by molar-refractivity contribution is -0.331. The molecule has 2 aliphatic rings. The Morgan fingerprint density at radius 2 is 1.51 bits per heavy atom. The summed E-state index contributed by atoms with van der Waals surface area (Å²) in [6.45, 7) is 8.25. The van der Waals surface area contributed by atoms with Crippen LogP contribution in [0, 0.1) is 0 Å². The first-order valence-electron chi connectivity index (χ1n) is 18.2. The van der Waals surface area contributed by atoms with Gasteiger partial charge in [0, 0.05) is 41.5 Å². The van der Waals surface area contributed by atoms with Gasteiger partial charge in [0.1, 0.15) is 37.1 Å². The molecule has 3 N–H and O–H groups in total. The van der Waals surface area contributed by atoms with Crippen molar-refractivity contribution in [3.05, 3.63) is 48.6 Å². The molecule has 21 heteroatoms. The monoisotopic (exact) mass is 838 g/mol. The standard InChI is InChI=1S/C38H50N2O19/c1-9-15-51-36-30(40-20(3)42)33(58-35(48)25-13-11-10-12-14-25)31(47)27(57-36)18-53-38(37(49)50-8)16-26(54-22(5)44)29(39-19(2)41)34(59-38)32(56-24(7)46)28(55-23(6)45)17-52-21(4)43/h9-14,26-34,36,47H,1,15-18H2,2-8H3,(H,39,41)(H,40,42)/t26-,27?,28-,29-,30?,31-,32-,33-,34?,36+,38-/m1/s1. The molecule has 2 fully saturated rings. The number of amides is 2. The third-order valence-electron chi connectivity index (χ3n) is 8.65. The largest absolute Gasteiger partial charge is 0.465 e. The number of carbonyl (C=O) groups is 8. The van der Waals surface area contributed by atoms with Gasteiger partial charge >= 0.3 is 35.8 Å². The highest BCUT2D eigenvalue weighted by Gasteiger charge is 2.60. The summed E-state index contributed by atoms with van der Waals surface area (Å²) in [5, 5.41) is 16.9. The van der Waals surface area contributed by atoms with Gasteiger partial charge in [0.2, 0.25) is 11.8 Å². The number of ether oxygens (including phenoxy) is 10. The molecule has 0 aliphatic carbocycles. The zero-order valence-corrected chi connectivity index (χ0v) is 33.6. The average Bonchev–Trinajstić information content (AvgIpc) is 3.16. The van der Waals surface area contributed by atoms with Crippen LogP contribution in [-0.4, -0.2) is 147 Å². The smallest absolute Gasteiger partial charge is 0.366 e. The number of hydrogen-bond acceptors (Lipinski definition) is 19. The van der Waals surface area contributed by atoms with Crippen molar-refractivity contribution < 1.29 is 90.8 Å². The SMILES string of the molecule is C=CCO[C@H]1OC(CO[C@]2(C(=O)OC)C[C@@H](OC(C)=O)[C@@H](NC(C)=O)C([C@H](OC(C)=O)[C@@H](COC(C)=O)OC(C)=O)O2)[C@@H](O)[C@H](OC(=O)c2ccccc2)C1NC(C)=O. The maximum absolute atomic E-state index is 13.9. The van der Waals surface area contributed by atoms with Crippen molar-refractivity contribution in [2.24, 2.45) is 0 Å². The Kier molecular flexibility index (Phi) is 17.9. The molecule has 2 amide bonds. The van der Waals surface area contributed by atoms with Crippen LogP contribution in [-0.2, 0) is 80.9 Å². The highest BCUT2D eigenvalue weighted by molar-refractivity contribution is 5.89. The molecule has 2 saturated heterocycles. The van der Waals surface area contributed by atoms with Crippen LogP contribution in [0.15, 0.2) is 43.0 Å². The molecule has 3 unspecified atom stereocenters. The first-order valence-corrected chi connectivity index (χ1v) is 18.2. The van der Waals surface area contributed by atoms with E-state index in [2.05, 4.69) is 17.2 Å². The topological polar surface area (TPSA) is 273 Å². The van der Waals surface area contributed by atoms with Crippen molar-refractivity contribution in [1.82, 2.24) is 10.6 Å². The number of nitrogens with one attached hydrogen (secondary N) is 2. The van der Waals surface area contributed by atoms with Crippen LogP contribution in [0.25, 0.3) is 0 Å². The van der Waals surface area contributed by atoms with Crippen LogP contribution in [0.2, 0.25) is 0 Å². The van der Waals surface area contributed by atoms with E-state index in [1.54, 1.807) is 18.2 Å². The molecule has 0 spiro atoms. The molecule has 2 aliphatic heterocycles. The second-order valence-electron chi connectivity index (χ2n) is 13.4. The minimum absolute atomic E-state index is 0.101. The molecule has 0 aromatic heterocycles. The quantitative estimate of drug-likeness (QED) is 0.0959. The van der Waals surface area contributed by atoms with E-state index in [4.69, 9.17) is 47.4 Å². The van der Waals surface area contributed by atoms with E-state index in [0.717, 1.165) is 41.7 Å². The molecular formula is C38H50N2O19. The minimum atomic E-state index is -2.68. The summed E-state index contributed by atoms with van der Waals surface area (Å²) in [7, 11) is 0.959. The van der Waals surface area contributed by atoms with E-state index < -0.39 is 134 Å². The van der Waals surface area contributed by atoms with E-state index in [1.165, 1.54) is 25.1 Å². The van der Waals surface area contributed by atoms with Crippen molar-refractivity contribution in [2.75, 3.05) is 26.9 Å². The first-order chi connectivity index (χ1) is 27.8. The molecular weight excluding hydrogens is 788 g/mol. The van der Waals surface area contributed by atoms with Gasteiger partial charge in [-0.1, -0.05) is 24.3 Å². The molecule has 1 aromatic rings. The predicted octanol–water partition coefficient (Wildman–Crippen LogP) is -0.457. The van der Waals surface area contributed by atoms with Gasteiger partial charge < -0.3 is 63.1 Å². The molecule has 11 atom stereocenters. The number of rotatable bonds is 18. The van der Waals surface area contributed by atoms with E-state index in [9.17, 15) is 43.5 Å². The zero-order chi connectivity index (χ0) is 44.0. The van der Waals surface area contributed by atoms with Crippen molar-refractivity contribution in [2.45, 2.75) is 115 Å². The summed E-state index contributed by atoms with van der Waals surface area (Å²) < 4.78 is 56.6. The normalized spacial score (nSPS) is 27.3. The summed E-state index contributed by atoms with van der Waals surface area (Å²) in [5.74, 6) is -9.83. The van der Waals surface area contributed by atoms with Gasteiger partial charge in [0.15, 0.2) is 24.6 Å². The molecule has 0 radical (unpaired) electrons. The van der Waals surface area contributed by atoms with Gasteiger partial charge in [-0.05, 0) is 12.1 Å². The maximum Gasteiger partial charge on any atom is 0.366 e. The summed E-state index contributed by atoms with van der Waals surface area (Å²) in [5.41, 5.74) is 0.101. The first kappa shape index (κ1) is 47.9. The van der Waals surface area contributed by atoms with Crippen LogP contribution < -0.4 is 10.6 Å². The fourth-order valence-electron chi connectivity index (χ4n) is 6.42. The van der Waals surface area contributed by atoms with Crippen molar-refractivity contribution in [1.29, 1.82) is 0 Å². The molecule has 3 rings (SSSR count). The van der Waals surface area contributed by atoms with Crippen molar-refractivity contribution in [3.8, 4) is 0 Å². The Bertz CT molecular complexity index is 1690. The molecule has 59 heavy (non-hydrogen) atoms. The molecule has 0 saturated carbocycles. The molecule has 0 bridgehead atoms. The Morgan fingerprint density at radius 1 is 0.881 bits per heavy atom. The van der Waals surface area contributed by atoms with Crippen LogP contribution in [0.4, 0.5) is 0 Å². The van der Waals surface area contributed by atoms with Gasteiger partial charge in [-0.2, -0.15) is 0 Å². The Hall–Kier alpha value is -5.48. The predicted molar refractivity (Wildman–Crippen MR) is 195 cm³/mol. The number of methoxy groups -OCH3 is 1. The van der Waals surface area contributed by atoms with E-state index in [-0.39, 0.29) is 12.2 Å². The number of carbonyl (C=O) groups excluding carboxylic acids is 8. The highest BCUT2D eigenvalue weighted by Crippen LogP contribution is 2.38. The fraction of sp³-hybridized carbons (Fsp3) is 0.579. The van der Waals surface area contributed by atoms with Gasteiger partial charge in [-0.25, -0.2) is 9.59 Å². The van der Waals surface area contributed by atoms with Crippen LogP contribution in [0.5, 0.6) is 0 Å². The number of hydrogen-bond donors (Lipinski definition) is 3. The third kappa shape index (κ3) is 13.5. The van der Waals surface area contributed by atoms with Crippen LogP contribution in [0.1, 0.15) is 58.3 Å². The second-order valence-corrected chi connectivity index (χ2v) is 13.4. The highest BCUT2D eigenvalue weighted by atomic mass is 16.8. The summed E-state index contributed by atoms with van der Waals surface area (Å²) in [4.78, 5) is 101. The van der Waals surface area contributed by atoms with Crippen molar-refractivity contribution in [3.63, 3.8) is 0 Å². The van der Waals surface area contributed by atoms with Gasteiger partial charge in [0.25, 0.3) is 5.79 Å². The van der Waals surface area contributed by atoms with Gasteiger partial charge in [-0.15, -0.1) is 6.58 Å². The third-order valence-corrected chi connectivity index (χ3v) is 8.65. The number of aliphatic hydroxyl groups is 1. The molecule has 21 nitrogen and oxygen atoms in total. The van der Waals surface area contributed by atoms with E-state index in [1.807, 2.05) is 0 Å². The van der Waals surface area contributed by atoms with Crippen molar-refractivity contribution >= 4 is 47.6 Å². The lowest BCUT2D eigenvalue weighted by Gasteiger charge is -2.49. The van der Waals surface area contributed by atoms with E-state index >= 15 is 0 Å². The lowest BCUT2D eigenvalue weighted by Crippen LogP contribution is -2.70. The summed E-state index contributed by atoms with van der Waals surface area (Å²) >= 11 is 0. The van der Waals surface area contributed by atoms with Gasteiger partial charge in [0.05, 0.1) is 38.3 Å². The number of esters is 6. The molecule has 2 heterocycles. The van der Waals surface area contributed by atoms with Crippen LogP contribution in [0.3, 0.4) is 0 Å². The second kappa shape index (κ2) is 22.0. The molecule has 326 valence electrons. The maximum atomic E-state index is 13.9. The van der Waals surface area contributed by atoms with Crippen LogP contribution >= 0.6 is 0 Å².